The van der Waals surface area contributed by atoms with Gasteiger partial charge >= 0.3 is 0 Å². The lowest BCUT2D eigenvalue weighted by Crippen LogP contribution is -2.22. The molecule has 8 heteroatoms. The third-order valence-electron chi connectivity index (χ3n) is 3.63. The van der Waals surface area contributed by atoms with Crippen LogP contribution in [0.3, 0.4) is 0 Å². The van der Waals surface area contributed by atoms with Gasteiger partial charge < -0.3 is 5.32 Å². The fourth-order valence-electron chi connectivity index (χ4n) is 2.19. The molecule has 1 aromatic heterocycles. The molecule has 2 aromatic carbocycles. The quantitative estimate of drug-likeness (QED) is 0.663. The van der Waals surface area contributed by atoms with Crippen LogP contribution in [0.1, 0.15) is 31.5 Å². The third kappa shape index (κ3) is 4.96. The highest BCUT2D eigenvalue weighted by Gasteiger charge is 2.14. The number of aromatic nitrogens is 2. The second kappa shape index (κ2) is 8.37. The van der Waals surface area contributed by atoms with Crippen molar-refractivity contribution in [1.82, 2.24) is 15.5 Å². The van der Waals surface area contributed by atoms with Crippen molar-refractivity contribution in [2.75, 3.05) is 0 Å². The van der Waals surface area contributed by atoms with Gasteiger partial charge in [-0.05, 0) is 36.3 Å². The summed E-state index contributed by atoms with van der Waals surface area (Å²) in [6.07, 6.45) is 1.43. The number of benzene rings is 2. The number of halogens is 3. The Bertz CT molecular complexity index is 1000. The monoisotopic (exact) mass is 405 g/mol. The molecule has 0 spiro atoms. The highest BCUT2D eigenvalue weighted by molar-refractivity contribution is 7.15. The summed E-state index contributed by atoms with van der Waals surface area (Å²) in [6, 6.07) is 11.2. The molecule has 0 atom stereocenters. The number of nitrogens with one attached hydrogen (secondary N) is 1. The lowest BCUT2D eigenvalue weighted by molar-refractivity contribution is 0.0950. The first kappa shape index (κ1) is 19.1. The Balaban J connectivity index is 1.67. The molecule has 0 aliphatic carbocycles. The summed E-state index contributed by atoms with van der Waals surface area (Å²) in [5.74, 6) is -2.27. The van der Waals surface area contributed by atoms with Gasteiger partial charge in [0.2, 0.25) is 5.01 Å². The van der Waals surface area contributed by atoms with E-state index < -0.39 is 11.6 Å². The Hall–Kier alpha value is -2.64. The summed E-state index contributed by atoms with van der Waals surface area (Å²) in [5, 5.41) is 11.1. The van der Waals surface area contributed by atoms with Gasteiger partial charge in [0.25, 0.3) is 5.91 Å². The number of amides is 1. The minimum atomic E-state index is -0.971. The summed E-state index contributed by atoms with van der Waals surface area (Å²) in [7, 11) is 0. The van der Waals surface area contributed by atoms with Crippen LogP contribution >= 0.6 is 22.9 Å². The van der Waals surface area contributed by atoms with E-state index in [0.717, 1.165) is 34.6 Å². The van der Waals surface area contributed by atoms with E-state index in [1.807, 2.05) is 31.2 Å². The van der Waals surface area contributed by atoms with Crippen molar-refractivity contribution < 1.29 is 13.6 Å². The predicted molar refractivity (Wildman–Crippen MR) is 102 cm³/mol. The highest BCUT2D eigenvalue weighted by Crippen LogP contribution is 2.25. The third-order valence-corrected chi connectivity index (χ3v) is 4.99. The molecule has 0 saturated heterocycles. The number of carbonyl (C=O) groups excluding carboxylic acids is 1. The zero-order valence-electron chi connectivity index (χ0n) is 14.2. The number of hydrogen-bond donors (Lipinski definition) is 1. The molecule has 0 saturated carbocycles. The molecule has 138 valence electrons. The molecule has 0 radical (unpaired) electrons. The topological polar surface area (TPSA) is 54.9 Å². The average Bonchev–Trinajstić information content (AvgIpc) is 3.14. The first-order valence-corrected chi connectivity index (χ1v) is 9.11. The van der Waals surface area contributed by atoms with Crippen LogP contribution in [0.25, 0.3) is 11.1 Å². The molecule has 3 rings (SSSR count). The van der Waals surface area contributed by atoms with E-state index >= 15 is 0 Å². The molecule has 0 aliphatic heterocycles. The van der Waals surface area contributed by atoms with Crippen molar-refractivity contribution in [3.8, 4) is 0 Å². The summed E-state index contributed by atoms with van der Waals surface area (Å²) >= 11 is 7.17. The van der Waals surface area contributed by atoms with Crippen molar-refractivity contribution in [2.24, 2.45) is 0 Å². The average molecular weight is 406 g/mol. The van der Waals surface area contributed by atoms with Crippen molar-refractivity contribution in [1.29, 1.82) is 0 Å². The van der Waals surface area contributed by atoms with Crippen molar-refractivity contribution in [3.05, 3.63) is 80.8 Å². The van der Waals surface area contributed by atoms with Crippen LogP contribution in [0.4, 0.5) is 8.78 Å². The molecule has 0 aliphatic rings. The zero-order chi connectivity index (χ0) is 19.4. The molecule has 1 N–H and O–H groups in total. The number of carbonyl (C=O) groups is 1. The molecule has 1 amide bonds. The number of aryl methyl sites for hydroxylation is 1. The minimum Gasteiger partial charge on any atom is -0.346 e. The Kier molecular flexibility index (Phi) is 5.93. The van der Waals surface area contributed by atoms with E-state index in [4.69, 9.17) is 11.6 Å². The number of rotatable bonds is 5. The van der Waals surface area contributed by atoms with Crippen LogP contribution in [0.15, 0.2) is 42.5 Å². The van der Waals surface area contributed by atoms with Gasteiger partial charge in [-0.1, -0.05) is 58.8 Å². The van der Waals surface area contributed by atoms with Crippen LogP contribution in [0.2, 0.25) is 0 Å². The van der Waals surface area contributed by atoms with Crippen LogP contribution < -0.4 is 5.32 Å². The van der Waals surface area contributed by atoms with Crippen LogP contribution in [0, 0.1) is 18.6 Å². The smallest absolute Gasteiger partial charge is 0.282 e. The van der Waals surface area contributed by atoms with E-state index in [1.165, 1.54) is 12.1 Å². The van der Waals surface area contributed by atoms with Gasteiger partial charge in [-0.15, -0.1) is 10.2 Å². The first-order valence-electron chi connectivity index (χ1n) is 7.92. The second-order valence-corrected chi connectivity index (χ2v) is 7.13. The maximum Gasteiger partial charge on any atom is 0.282 e. The van der Waals surface area contributed by atoms with Gasteiger partial charge in [-0.3, -0.25) is 4.79 Å². The van der Waals surface area contributed by atoms with E-state index in [1.54, 1.807) is 0 Å². The van der Waals surface area contributed by atoms with Gasteiger partial charge in [0, 0.05) is 6.54 Å². The minimum absolute atomic E-state index is 0.161. The van der Waals surface area contributed by atoms with Crippen molar-refractivity contribution in [2.45, 2.75) is 13.5 Å². The fraction of sp³-hybridized carbons (Fsp3) is 0.105. The van der Waals surface area contributed by atoms with E-state index in [2.05, 4.69) is 15.5 Å². The van der Waals surface area contributed by atoms with Gasteiger partial charge in [0.05, 0.1) is 5.03 Å². The van der Waals surface area contributed by atoms with Crippen LogP contribution in [0.5, 0.6) is 0 Å². The molecule has 4 nitrogen and oxygen atoms in total. The van der Waals surface area contributed by atoms with Crippen molar-refractivity contribution >= 4 is 40.0 Å². The molecule has 27 heavy (non-hydrogen) atoms. The maximum atomic E-state index is 13.3. The molecule has 0 unspecified atom stereocenters. The largest absolute Gasteiger partial charge is 0.346 e. The van der Waals surface area contributed by atoms with Gasteiger partial charge in [-0.25, -0.2) is 8.78 Å². The Morgan fingerprint density at radius 2 is 1.81 bits per heavy atom. The molecule has 3 aromatic rings. The predicted octanol–water partition coefficient (Wildman–Crippen LogP) is 4.79. The lowest BCUT2D eigenvalue weighted by Gasteiger charge is -2.03. The van der Waals surface area contributed by atoms with E-state index in [-0.39, 0.29) is 15.9 Å². The summed E-state index contributed by atoms with van der Waals surface area (Å²) in [5.41, 5.74) is 2.48. The Morgan fingerprint density at radius 3 is 2.52 bits per heavy atom. The first-order chi connectivity index (χ1) is 12.9. The number of hydrogen-bond acceptors (Lipinski definition) is 4. The van der Waals surface area contributed by atoms with E-state index in [9.17, 15) is 13.6 Å². The summed E-state index contributed by atoms with van der Waals surface area (Å²) < 4.78 is 26.2. The lowest BCUT2D eigenvalue weighted by atomic mass is 10.1. The van der Waals surface area contributed by atoms with Crippen molar-refractivity contribution in [3.63, 3.8) is 0 Å². The normalized spacial score (nSPS) is 11.5. The second-order valence-electron chi connectivity index (χ2n) is 5.75. The SMILES string of the molecule is Cc1ccc(CNC(=O)c2nnc(C(Cl)=Cc3ccc(F)c(F)c3)s2)cc1. The van der Waals surface area contributed by atoms with Gasteiger partial charge in [0.15, 0.2) is 16.6 Å². The Morgan fingerprint density at radius 1 is 1.11 bits per heavy atom. The standard InChI is InChI=1S/C19H14ClF2N3OS/c1-11-2-4-12(5-3-11)10-23-17(26)19-25-24-18(27-19)14(20)8-13-6-7-15(21)16(22)9-13/h2-9H,10H2,1H3,(H,23,26). The molecule has 0 fully saturated rings. The maximum absolute atomic E-state index is 13.3. The fourth-order valence-corrected chi connectivity index (χ4v) is 3.13. The highest BCUT2D eigenvalue weighted by atomic mass is 35.5. The van der Waals surface area contributed by atoms with Crippen LogP contribution in [-0.4, -0.2) is 16.1 Å². The summed E-state index contributed by atoms with van der Waals surface area (Å²) in [6.45, 7) is 2.36. The molecular weight excluding hydrogens is 392 g/mol. The molecular formula is C19H14ClF2N3OS. The van der Waals surface area contributed by atoms with Gasteiger partial charge in [0.1, 0.15) is 0 Å². The number of nitrogens with zero attached hydrogens (tertiary/aromatic N) is 2. The Labute approximate surface area is 163 Å². The summed E-state index contributed by atoms with van der Waals surface area (Å²) in [4.78, 5) is 12.2. The molecule has 1 heterocycles. The van der Waals surface area contributed by atoms with Gasteiger partial charge in [-0.2, -0.15) is 0 Å². The zero-order valence-corrected chi connectivity index (χ0v) is 15.7. The van der Waals surface area contributed by atoms with E-state index in [0.29, 0.717) is 17.1 Å². The van der Waals surface area contributed by atoms with Crippen LogP contribution in [-0.2, 0) is 6.54 Å². The molecule has 0 bridgehead atoms.